The Morgan fingerprint density at radius 3 is 2.92 bits per heavy atom. The molecule has 0 spiro atoms. The molecule has 6 heteroatoms. The molecule has 126 valence electrons. The lowest BCUT2D eigenvalue weighted by atomic mass is 10.0. The smallest absolute Gasteiger partial charge is 0.274 e. The van der Waals surface area contributed by atoms with Gasteiger partial charge in [0.15, 0.2) is 0 Å². The first kappa shape index (κ1) is 16.9. The molecule has 0 radical (unpaired) electrons. The lowest BCUT2D eigenvalue weighted by Crippen LogP contribution is -2.35. The minimum atomic E-state index is -0.218. The van der Waals surface area contributed by atoms with E-state index >= 15 is 0 Å². The van der Waals surface area contributed by atoms with Gasteiger partial charge in [-0.05, 0) is 43.9 Å². The van der Waals surface area contributed by atoms with Gasteiger partial charge in [-0.1, -0.05) is 28.9 Å². The molecule has 1 aliphatic rings. The number of halogens is 1. The molecule has 0 bridgehead atoms. The molecule has 1 unspecified atom stereocenters. The van der Waals surface area contributed by atoms with Crippen LogP contribution in [0.5, 0.6) is 0 Å². The number of aryl methyl sites for hydroxylation is 1. The zero-order chi connectivity index (χ0) is 17.1. The summed E-state index contributed by atoms with van der Waals surface area (Å²) in [6.45, 7) is 6.03. The number of anilines is 2. The Balaban J connectivity index is 1.81. The van der Waals surface area contributed by atoms with Crippen LogP contribution in [0, 0.1) is 12.8 Å². The number of hydrogen-bond donors (Lipinski definition) is 1. The van der Waals surface area contributed by atoms with Crippen LogP contribution in [-0.2, 0) is 0 Å². The van der Waals surface area contributed by atoms with E-state index in [9.17, 15) is 4.79 Å². The maximum atomic E-state index is 12.5. The van der Waals surface area contributed by atoms with Crippen LogP contribution in [0.1, 0.15) is 36.1 Å². The number of carbonyl (C=O) groups excluding carboxylic acids is 1. The summed E-state index contributed by atoms with van der Waals surface area (Å²) < 4.78 is 0.919. The molecule has 1 fully saturated rings. The normalized spacial score (nSPS) is 17.6. The largest absolute Gasteiger partial charge is 0.356 e. The van der Waals surface area contributed by atoms with E-state index < -0.39 is 0 Å². The summed E-state index contributed by atoms with van der Waals surface area (Å²) in [7, 11) is 0. The van der Waals surface area contributed by atoms with Gasteiger partial charge in [0, 0.05) is 29.3 Å². The second-order valence-corrected chi connectivity index (χ2v) is 7.23. The van der Waals surface area contributed by atoms with Crippen LogP contribution in [0.25, 0.3) is 0 Å². The van der Waals surface area contributed by atoms with E-state index in [0.717, 1.165) is 35.5 Å². The molecule has 24 heavy (non-hydrogen) atoms. The summed E-state index contributed by atoms with van der Waals surface area (Å²) in [5.41, 5.74) is 1.13. The molecule has 1 saturated heterocycles. The van der Waals surface area contributed by atoms with Gasteiger partial charge in [0.25, 0.3) is 5.91 Å². The number of amides is 1. The molecule has 1 aliphatic heterocycles. The molecule has 0 saturated carbocycles. The fourth-order valence-electron chi connectivity index (χ4n) is 2.99. The maximum absolute atomic E-state index is 12.5. The van der Waals surface area contributed by atoms with Crippen LogP contribution in [0.2, 0.25) is 0 Å². The third-order valence-corrected chi connectivity index (χ3v) is 4.61. The molecule has 2 aromatic rings. The van der Waals surface area contributed by atoms with E-state index in [2.05, 4.69) is 43.0 Å². The first-order valence-corrected chi connectivity index (χ1v) is 8.98. The number of rotatable bonds is 3. The second kappa shape index (κ2) is 7.30. The highest BCUT2D eigenvalue weighted by molar-refractivity contribution is 9.10. The van der Waals surface area contributed by atoms with Gasteiger partial charge in [-0.15, -0.1) is 0 Å². The van der Waals surface area contributed by atoms with Crippen LogP contribution < -0.4 is 10.2 Å². The van der Waals surface area contributed by atoms with E-state index in [-0.39, 0.29) is 5.91 Å². The molecule has 0 aliphatic carbocycles. The highest BCUT2D eigenvalue weighted by Gasteiger charge is 2.20. The second-order valence-electron chi connectivity index (χ2n) is 6.32. The van der Waals surface area contributed by atoms with E-state index in [1.165, 1.54) is 6.42 Å². The average molecular weight is 389 g/mol. The molecule has 1 amide bonds. The van der Waals surface area contributed by atoms with Gasteiger partial charge in [-0.2, -0.15) is 0 Å². The van der Waals surface area contributed by atoms with Gasteiger partial charge in [0.05, 0.1) is 0 Å². The fraction of sp³-hybridized carbons (Fsp3) is 0.389. The van der Waals surface area contributed by atoms with Crippen LogP contribution in [0.15, 0.2) is 34.8 Å². The van der Waals surface area contributed by atoms with Crippen molar-refractivity contribution in [1.29, 1.82) is 0 Å². The van der Waals surface area contributed by atoms with Gasteiger partial charge in [0.2, 0.25) is 0 Å². The third-order valence-electron chi connectivity index (χ3n) is 4.12. The fourth-order valence-corrected chi connectivity index (χ4v) is 3.39. The zero-order valence-corrected chi connectivity index (χ0v) is 15.5. The number of carbonyl (C=O) groups is 1. The van der Waals surface area contributed by atoms with Gasteiger partial charge >= 0.3 is 0 Å². The van der Waals surface area contributed by atoms with Gasteiger partial charge in [0.1, 0.15) is 17.3 Å². The quantitative estimate of drug-likeness (QED) is 0.861. The molecular weight excluding hydrogens is 368 g/mol. The van der Waals surface area contributed by atoms with Crippen molar-refractivity contribution >= 4 is 33.3 Å². The molecule has 1 aromatic heterocycles. The van der Waals surface area contributed by atoms with E-state index in [4.69, 9.17) is 0 Å². The van der Waals surface area contributed by atoms with Crippen molar-refractivity contribution in [2.24, 2.45) is 5.92 Å². The first-order valence-electron chi connectivity index (χ1n) is 8.19. The molecule has 1 atom stereocenters. The molecule has 1 N–H and O–H groups in total. The molecule has 2 heterocycles. The Kier molecular flexibility index (Phi) is 5.14. The SMILES string of the molecule is Cc1nc(C(=O)Nc2cccc(Br)c2)cc(N2CCCC(C)C2)n1. The van der Waals surface area contributed by atoms with Gasteiger partial charge < -0.3 is 10.2 Å². The van der Waals surface area contributed by atoms with Crippen molar-refractivity contribution < 1.29 is 4.79 Å². The van der Waals surface area contributed by atoms with Crippen molar-refractivity contribution in [3.8, 4) is 0 Å². The van der Waals surface area contributed by atoms with Crippen molar-refractivity contribution in [2.45, 2.75) is 26.7 Å². The highest BCUT2D eigenvalue weighted by Crippen LogP contribution is 2.22. The number of benzene rings is 1. The Morgan fingerprint density at radius 2 is 2.17 bits per heavy atom. The zero-order valence-electron chi connectivity index (χ0n) is 13.9. The van der Waals surface area contributed by atoms with E-state index in [1.807, 2.05) is 31.2 Å². The Morgan fingerprint density at radius 1 is 1.33 bits per heavy atom. The summed E-state index contributed by atoms with van der Waals surface area (Å²) in [5.74, 6) is 1.89. The Labute approximate surface area is 150 Å². The maximum Gasteiger partial charge on any atom is 0.274 e. The predicted octanol–water partition coefficient (Wildman–Crippen LogP) is 4.04. The molecule has 5 nitrogen and oxygen atoms in total. The van der Waals surface area contributed by atoms with Crippen LogP contribution in [0.4, 0.5) is 11.5 Å². The summed E-state index contributed by atoms with van der Waals surface area (Å²) >= 11 is 3.41. The third kappa shape index (κ3) is 4.12. The summed E-state index contributed by atoms with van der Waals surface area (Å²) in [6, 6.07) is 9.30. The van der Waals surface area contributed by atoms with Crippen molar-refractivity contribution in [1.82, 2.24) is 9.97 Å². The van der Waals surface area contributed by atoms with Crippen LogP contribution >= 0.6 is 15.9 Å². The minimum Gasteiger partial charge on any atom is -0.356 e. The van der Waals surface area contributed by atoms with Gasteiger partial charge in [-0.25, -0.2) is 9.97 Å². The lowest BCUT2D eigenvalue weighted by Gasteiger charge is -2.32. The first-order chi connectivity index (χ1) is 11.5. The van der Waals surface area contributed by atoms with E-state index in [1.54, 1.807) is 6.07 Å². The van der Waals surface area contributed by atoms with Crippen molar-refractivity contribution in [2.75, 3.05) is 23.3 Å². The number of aromatic nitrogens is 2. The van der Waals surface area contributed by atoms with Crippen molar-refractivity contribution in [3.63, 3.8) is 0 Å². The Hall–Kier alpha value is -1.95. The molecule has 3 rings (SSSR count). The van der Waals surface area contributed by atoms with Gasteiger partial charge in [-0.3, -0.25) is 4.79 Å². The summed E-state index contributed by atoms with van der Waals surface area (Å²) in [6.07, 6.45) is 2.40. The van der Waals surface area contributed by atoms with Crippen LogP contribution in [-0.4, -0.2) is 29.0 Å². The topological polar surface area (TPSA) is 58.1 Å². The standard InChI is InChI=1S/C18H21BrN4O/c1-12-5-4-8-23(11-12)17-10-16(20-13(2)21-17)18(24)22-15-7-3-6-14(19)9-15/h3,6-7,9-10,12H,4-5,8,11H2,1-2H3,(H,22,24). The van der Waals surface area contributed by atoms with Crippen LogP contribution in [0.3, 0.4) is 0 Å². The predicted molar refractivity (Wildman–Crippen MR) is 99.5 cm³/mol. The molecular formula is C18H21BrN4O. The summed E-state index contributed by atoms with van der Waals surface area (Å²) in [5, 5.41) is 2.89. The van der Waals surface area contributed by atoms with E-state index in [0.29, 0.717) is 17.4 Å². The number of hydrogen-bond acceptors (Lipinski definition) is 4. The molecule has 1 aromatic carbocycles. The lowest BCUT2D eigenvalue weighted by molar-refractivity contribution is 0.102. The monoisotopic (exact) mass is 388 g/mol. The highest BCUT2D eigenvalue weighted by atomic mass is 79.9. The Bertz CT molecular complexity index is 750. The summed E-state index contributed by atoms with van der Waals surface area (Å²) in [4.78, 5) is 23.6. The number of nitrogens with one attached hydrogen (secondary N) is 1. The number of piperidine rings is 1. The van der Waals surface area contributed by atoms with Crippen molar-refractivity contribution in [3.05, 3.63) is 46.3 Å². The average Bonchev–Trinajstić information content (AvgIpc) is 2.54. The number of nitrogens with zero attached hydrogens (tertiary/aromatic N) is 3. The minimum absolute atomic E-state index is 0.218.